The number of H-pyrrole nitrogens is 1. The molecule has 0 atom stereocenters. The number of carbonyl (C=O) groups is 2. The molecule has 122 valence electrons. The molecular weight excluding hydrogens is 350 g/mol. The lowest BCUT2D eigenvalue weighted by Crippen LogP contribution is -2.47. The number of aromatic nitrogens is 1. The maximum Gasteiger partial charge on any atom is 0.286 e. The smallest absolute Gasteiger partial charge is 0.286 e. The lowest BCUT2D eigenvalue weighted by atomic mass is 10.2. The number of thiophene rings is 1. The summed E-state index contributed by atoms with van der Waals surface area (Å²) in [4.78, 5) is 28.8. The summed E-state index contributed by atoms with van der Waals surface area (Å²) in [7, 11) is 0. The molecule has 2 aromatic heterocycles. The van der Waals surface area contributed by atoms with Crippen molar-refractivity contribution in [2.45, 2.75) is 0 Å². The van der Waals surface area contributed by atoms with Crippen molar-refractivity contribution in [3.63, 3.8) is 0 Å². The minimum atomic E-state index is -0.387. The second kappa shape index (κ2) is 5.85. The number of ether oxygens (including phenoxy) is 1. The number of hydrogen-bond acceptors (Lipinski definition) is 4. The Morgan fingerprint density at radius 3 is 3.00 bits per heavy atom. The van der Waals surface area contributed by atoms with E-state index in [1.54, 1.807) is 36.4 Å². The molecule has 0 spiro atoms. The molecule has 4 rings (SSSR count). The van der Waals surface area contributed by atoms with Crippen LogP contribution in [0.5, 0.6) is 5.75 Å². The van der Waals surface area contributed by atoms with Gasteiger partial charge < -0.3 is 9.72 Å². The second-order valence-corrected chi connectivity index (χ2v) is 6.94. The van der Waals surface area contributed by atoms with Gasteiger partial charge >= 0.3 is 0 Å². The average molecular weight is 362 g/mol. The normalized spacial score (nSPS) is 14.2. The first-order chi connectivity index (χ1) is 11.6. The second-order valence-electron chi connectivity index (χ2n) is 5.26. The van der Waals surface area contributed by atoms with Gasteiger partial charge in [-0.15, -0.1) is 11.3 Å². The quantitative estimate of drug-likeness (QED) is 0.736. The van der Waals surface area contributed by atoms with Crippen LogP contribution in [0.25, 0.3) is 10.2 Å². The molecule has 0 aliphatic carbocycles. The number of hydrogen-bond donors (Lipinski definition) is 2. The van der Waals surface area contributed by atoms with E-state index in [1.807, 2.05) is 0 Å². The molecule has 1 aliphatic heterocycles. The summed E-state index contributed by atoms with van der Waals surface area (Å²) in [6.45, 7) is 0.568. The van der Waals surface area contributed by atoms with Crippen LogP contribution in [0.1, 0.15) is 20.8 Å². The van der Waals surface area contributed by atoms with Gasteiger partial charge in [-0.05, 0) is 24.3 Å². The van der Waals surface area contributed by atoms with Crippen LogP contribution in [0.3, 0.4) is 0 Å². The highest BCUT2D eigenvalue weighted by Crippen LogP contribution is 2.29. The van der Waals surface area contributed by atoms with Crippen molar-refractivity contribution in [1.82, 2.24) is 15.4 Å². The summed E-state index contributed by atoms with van der Waals surface area (Å²) < 4.78 is 6.20. The molecule has 3 aromatic rings. The third-order valence-electron chi connectivity index (χ3n) is 3.69. The number of nitrogens with one attached hydrogen (secondary N) is 2. The van der Waals surface area contributed by atoms with E-state index in [1.165, 1.54) is 16.3 Å². The van der Waals surface area contributed by atoms with Crippen molar-refractivity contribution in [3.8, 4) is 5.75 Å². The van der Waals surface area contributed by atoms with E-state index >= 15 is 0 Å². The number of rotatable bonds is 2. The molecule has 0 radical (unpaired) electrons. The van der Waals surface area contributed by atoms with E-state index in [9.17, 15) is 9.59 Å². The highest BCUT2D eigenvalue weighted by molar-refractivity contribution is 7.22. The molecule has 6 nitrogen and oxygen atoms in total. The lowest BCUT2D eigenvalue weighted by Gasteiger charge is -2.20. The van der Waals surface area contributed by atoms with Crippen molar-refractivity contribution >= 4 is 45.0 Å². The summed E-state index contributed by atoms with van der Waals surface area (Å²) in [5.41, 5.74) is 3.44. The number of carbonyl (C=O) groups excluding carboxylic acids is 2. The zero-order valence-corrected chi connectivity index (χ0v) is 13.9. The molecule has 1 aliphatic rings. The molecule has 0 bridgehead atoms. The SMILES string of the molecule is O=C(NN1CCOc2ccccc2C1=O)c1cc2cc(Cl)sc2[nH]1. The molecule has 24 heavy (non-hydrogen) atoms. The monoisotopic (exact) mass is 361 g/mol. The molecule has 0 saturated heterocycles. The predicted octanol–water partition coefficient (Wildman–Crippen LogP) is 3.06. The zero-order valence-electron chi connectivity index (χ0n) is 12.3. The van der Waals surface area contributed by atoms with Gasteiger partial charge in [-0.1, -0.05) is 23.7 Å². The van der Waals surface area contributed by atoms with E-state index in [0.717, 1.165) is 10.2 Å². The molecule has 8 heteroatoms. The topological polar surface area (TPSA) is 74.4 Å². The van der Waals surface area contributed by atoms with Crippen LogP contribution in [0.2, 0.25) is 4.34 Å². The fourth-order valence-corrected chi connectivity index (χ4v) is 3.69. The van der Waals surface area contributed by atoms with Crippen molar-refractivity contribution in [3.05, 3.63) is 52.0 Å². The molecular formula is C16H12ClN3O3S. The van der Waals surface area contributed by atoms with Crippen LogP contribution in [-0.2, 0) is 0 Å². The minimum absolute atomic E-state index is 0.264. The Kier molecular flexibility index (Phi) is 3.66. The number of para-hydroxylation sites is 1. The minimum Gasteiger partial charge on any atom is -0.491 e. The Hall–Kier alpha value is -2.51. The van der Waals surface area contributed by atoms with Gasteiger partial charge in [-0.25, -0.2) is 5.01 Å². The summed E-state index contributed by atoms with van der Waals surface area (Å²) in [5.74, 6) is -0.163. The van der Waals surface area contributed by atoms with E-state index in [4.69, 9.17) is 16.3 Å². The first-order valence-electron chi connectivity index (χ1n) is 7.24. The highest BCUT2D eigenvalue weighted by Gasteiger charge is 2.25. The molecule has 2 amide bonds. The average Bonchev–Trinajstić information content (AvgIpc) is 3.06. The van der Waals surface area contributed by atoms with Crippen molar-refractivity contribution in [2.75, 3.05) is 13.2 Å². The molecule has 2 N–H and O–H groups in total. The molecule has 0 fully saturated rings. The Morgan fingerprint density at radius 2 is 2.17 bits per heavy atom. The number of fused-ring (bicyclic) bond motifs is 2. The largest absolute Gasteiger partial charge is 0.491 e. The van der Waals surface area contributed by atoms with Gasteiger partial charge in [0, 0.05) is 5.39 Å². The first-order valence-corrected chi connectivity index (χ1v) is 8.44. The maximum atomic E-state index is 12.6. The van der Waals surface area contributed by atoms with E-state index in [-0.39, 0.29) is 18.4 Å². The molecule has 1 aromatic carbocycles. The number of amides is 2. The van der Waals surface area contributed by atoms with Crippen LogP contribution in [0, 0.1) is 0 Å². The number of aromatic amines is 1. The summed E-state index contributed by atoms with van der Waals surface area (Å²) in [5, 5.41) is 2.14. The maximum absolute atomic E-state index is 12.6. The van der Waals surface area contributed by atoms with Gasteiger partial charge in [0.05, 0.1) is 16.4 Å². The standard InChI is InChI=1S/C16H12ClN3O3S/c17-13-8-9-7-11(18-15(9)24-13)14(21)19-20-5-6-23-12-4-2-1-3-10(12)16(20)22/h1-4,7-8,18H,5-6H2,(H,19,21). The van der Waals surface area contributed by atoms with Gasteiger partial charge in [0.25, 0.3) is 11.8 Å². The van der Waals surface area contributed by atoms with Crippen molar-refractivity contribution in [2.24, 2.45) is 0 Å². The molecule has 3 heterocycles. The summed E-state index contributed by atoms with van der Waals surface area (Å²) >= 11 is 7.29. The van der Waals surface area contributed by atoms with E-state index < -0.39 is 0 Å². The summed E-state index contributed by atoms with van der Waals surface area (Å²) in [6.07, 6.45) is 0. The number of hydrazine groups is 1. The molecule has 0 saturated carbocycles. The zero-order chi connectivity index (χ0) is 16.7. The van der Waals surface area contributed by atoms with Gasteiger partial charge in [-0.3, -0.25) is 15.0 Å². The Bertz CT molecular complexity index is 918. The Labute approximate surface area is 145 Å². The van der Waals surface area contributed by atoms with Gasteiger partial charge in [0.2, 0.25) is 0 Å². The third kappa shape index (κ3) is 2.61. The van der Waals surface area contributed by atoms with Gasteiger partial charge in [0.15, 0.2) is 0 Å². The van der Waals surface area contributed by atoms with Crippen LogP contribution in [0.4, 0.5) is 0 Å². The van der Waals surface area contributed by atoms with Gasteiger partial charge in [0.1, 0.15) is 22.9 Å². The number of benzene rings is 1. The van der Waals surface area contributed by atoms with Crippen molar-refractivity contribution in [1.29, 1.82) is 0 Å². The van der Waals surface area contributed by atoms with E-state index in [2.05, 4.69) is 10.4 Å². The van der Waals surface area contributed by atoms with Crippen molar-refractivity contribution < 1.29 is 14.3 Å². The number of nitrogens with zero attached hydrogens (tertiary/aromatic N) is 1. The Morgan fingerprint density at radius 1 is 1.33 bits per heavy atom. The van der Waals surface area contributed by atoms with E-state index in [0.29, 0.717) is 28.0 Å². The van der Waals surface area contributed by atoms with Crippen LogP contribution in [-0.4, -0.2) is 35.0 Å². The Balaban J connectivity index is 1.56. The van der Waals surface area contributed by atoms with Crippen LogP contribution >= 0.6 is 22.9 Å². The first kappa shape index (κ1) is 15.0. The predicted molar refractivity (Wildman–Crippen MR) is 91.6 cm³/mol. The number of halogens is 1. The van der Waals surface area contributed by atoms with Gasteiger partial charge in [-0.2, -0.15) is 0 Å². The lowest BCUT2D eigenvalue weighted by molar-refractivity contribution is 0.0576. The van der Waals surface area contributed by atoms with Crippen LogP contribution in [0.15, 0.2) is 36.4 Å². The molecule has 0 unspecified atom stereocenters. The summed E-state index contributed by atoms with van der Waals surface area (Å²) in [6, 6.07) is 10.5. The third-order valence-corrected chi connectivity index (χ3v) is 4.89. The van der Waals surface area contributed by atoms with Crippen LogP contribution < -0.4 is 10.2 Å². The fourth-order valence-electron chi connectivity index (χ4n) is 2.57. The fraction of sp³-hybridized carbons (Fsp3) is 0.125. The highest BCUT2D eigenvalue weighted by atomic mass is 35.5.